The number of alkyl halides is 5. The maximum atomic E-state index is 12.7. The van der Waals surface area contributed by atoms with Crippen LogP contribution < -0.4 is 5.32 Å². The molecule has 0 fully saturated rings. The van der Waals surface area contributed by atoms with Crippen LogP contribution in [-0.2, 0) is 6.18 Å². The van der Waals surface area contributed by atoms with Crippen LogP contribution in [0.15, 0.2) is 18.3 Å². The number of hydrogen-bond donors (Lipinski definition) is 1. The Labute approximate surface area is 114 Å². The van der Waals surface area contributed by atoms with Crippen LogP contribution in [0.2, 0.25) is 0 Å². The van der Waals surface area contributed by atoms with Crippen LogP contribution in [0.25, 0.3) is 0 Å². The normalized spacial score (nSPS) is 14.2. The lowest BCUT2D eigenvalue weighted by molar-refractivity contribution is -0.137. The van der Waals surface area contributed by atoms with Crippen molar-refractivity contribution in [3.63, 3.8) is 0 Å². The van der Waals surface area contributed by atoms with Crippen molar-refractivity contribution in [2.75, 3.05) is 11.9 Å². The Morgan fingerprint density at radius 1 is 1.20 bits per heavy atom. The van der Waals surface area contributed by atoms with E-state index in [-0.39, 0.29) is 12.3 Å². The van der Waals surface area contributed by atoms with Crippen molar-refractivity contribution in [3.8, 4) is 0 Å². The fourth-order valence-electron chi connectivity index (χ4n) is 1.83. The molecule has 0 aliphatic carbocycles. The highest BCUT2D eigenvalue weighted by atomic mass is 19.4. The highest BCUT2D eigenvalue weighted by molar-refractivity contribution is 5.35. The summed E-state index contributed by atoms with van der Waals surface area (Å²) in [5, 5.41) is 2.82. The molecule has 0 saturated heterocycles. The third-order valence-corrected chi connectivity index (χ3v) is 2.74. The fourth-order valence-corrected chi connectivity index (χ4v) is 1.83. The molecule has 1 heterocycles. The van der Waals surface area contributed by atoms with Gasteiger partial charge in [-0.05, 0) is 31.4 Å². The second kappa shape index (κ2) is 6.37. The van der Waals surface area contributed by atoms with E-state index >= 15 is 0 Å². The van der Waals surface area contributed by atoms with Gasteiger partial charge in [0.2, 0.25) is 5.92 Å². The largest absolute Gasteiger partial charge is 0.417 e. The first-order valence-corrected chi connectivity index (χ1v) is 6.23. The van der Waals surface area contributed by atoms with Gasteiger partial charge in [0.15, 0.2) is 0 Å². The van der Waals surface area contributed by atoms with E-state index in [1.807, 2.05) is 0 Å². The summed E-state index contributed by atoms with van der Waals surface area (Å²) in [4.78, 5) is 3.64. The first-order chi connectivity index (χ1) is 9.08. The minimum atomic E-state index is -4.41. The van der Waals surface area contributed by atoms with Crippen molar-refractivity contribution in [1.29, 1.82) is 0 Å². The Kier molecular flexibility index (Phi) is 5.30. The zero-order valence-corrected chi connectivity index (χ0v) is 11.3. The van der Waals surface area contributed by atoms with Crippen molar-refractivity contribution in [1.82, 2.24) is 4.98 Å². The molecule has 1 N–H and O–H groups in total. The van der Waals surface area contributed by atoms with Crippen molar-refractivity contribution in [3.05, 3.63) is 23.9 Å². The Hall–Kier alpha value is -1.40. The molecule has 0 amide bonds. The monoisotopic (exact) mass is 296 g/mol. The smallest absolute Gasteiger partial charge is 0.370 e. The predicted molar refractivity (Wildman–Crippen MR) is 66.7 cm³/mol. The molecule has 0 aliphatic rings. The van der Waals surface area contributed by atoms with E-state index in [1.54, 1.807) is 6.92 Å². The maximum absolute atomic E-state index is 12.7. The lowest BCUT2D eigenvalue weighted by Crippen LogP contribution is -2.17. The van der Waals surface area contributed by atoms with E-state index in [1.165, 1.54) is 6.07 Å². The van der Waals surface area contributed by atoms with Gasteiger partial charge >= 0.3 is 6.18 Å². The summed E-state index contributed by atoms with van der Waals surface area (Å²) in [6.45, 7) is 2.96. The van der Waals surface area contributed by atoms with Crippen molar-refractivity contribution >= 4 is 5.82 Å². The number of rotatable bonds is 6. The Bertz CT molecular complexity index is 408. The topological polar surface area (TPSA) is 24.9 Å². The fraction of sp³-hybridized carbons (Fsp3) is 0.615. The first kappa shape index (κ1) is 16.7. The Morgan fingerprint density at radius 3 is 2.30 bits per heavy atom. The molecule has 0 spiro atoms. The molecule has 0 saturated carbocycles. The molecule has 0 radical (unpaired) electrons. The van der Waals surface area contributed by atoms with Gasteiger partial charge < -0.3 is 5.32 Å². The molecular formula is C13H17F5N2. The lowest BCUT2D eigenvalue weighted by Gasteiger charge is -2.17. The van der Waals surface area contributed by atoms with Crippen LogP contribution in [0.3, 0.4) is 0 Å². The quantitative estimate of drug-likeness (QED) is 0.777. The van der Waals surface area contributed by atoms with Gasteiger partial charge in [0.1, 0.15) is 5.82 Å². The summed E-state index contributed by atoms with van der Waals surface area (Å²) in [6, 6.07) is 2.15. The van der Waals surface area contributed by atoms with E-state index in [0.717, 1.165) is 19.2 Å². The Balaban J connectivity index is 2.39. The molecule has 1 unspecified atom stereocenters. The van der Waals surface area contributed by atoms with E-state index in [9.17, 15) is 22.0 Å². The average Bonchev–Trinajstić information content (AvgIpc) is 2.26. The van der Waals surface area contributed by atoms with Gasteiger partial charge in [0, 0.05) is 19.2 Å². The summed E-state index contributed by atoms with van der Waals surface area (Å²) in [7, 11) is 0. The summed E-state index contributed by atoms with van der Waals surface area (Å²) < 4.78 is 62.4. The summed E-state index contributed by atoms with van der Waals surface area (Å²) in [6.07, 6.45) is -3.39. The van der Waals surface area contributed by atoms with Gasteiger partial charge in [-0.1, -0.05) is 6.92 Å². The number of nitrogens with one attached hydrogen (secondary N) is 1. The molecule has 0 aliphatic heterocycles. The number of anilines is 1. The third kappa shape index (κ3) is 6.16. The Morgan fingerprint density at radius 2 is 1.85 bits per heavy atom. The van der Waals surface area contributed by atoms with Crippen molar-refractivity contribution in [2.24, 2.45) is 5.92 Å². The van der Waals surface area contributed by atoms with Gasteiger partial charge in [-0.2, -0.15) is 13.2 Å². The zero-order valence-electron chi connectivity index (χ0n) is 11.3. The standard InChI is InChI=1S/C13H17F5N2/c1-9(7-12(2,14)15)5-6-19-11-4-3-10(8-20-11)13(16,17)18/h3-4,8-9H,5-7H2,1-2H3,(H,19,20). The minimum absolute atomic E-state index is 0.183. The lowest BCUT2D eigenvalue weighted by atomic mass is 10.0. The molecule has 0 aromatic carbocycles. The van der Waals surface area contributed by atoms with Crippen molar-refractivity contribution in [2.45, 2.75) is 38.8 Å². The van der Waals surface area contributed by atoms with Crippen LogP contribution in [0, 0.1) is 5.92 Å². The number of pyridine rings is 1. The molecule has 7 heteroatoms. The van der Waals surface area contributed by atoms with E-state index in [0.29, 0.717) is 18.8 Å². The summed E-state index contributed by atoms with van der Waals surface area (Å²) in [5.41, 5.74) is -0.818. The summed E-state index contributed by atoms with van der Waals surface area (Å²) >= 11 is 0. The van der Waals surface area contributed by atoms with Crippen LogP contribution in [0.4, 0.5) is 27.8 Å². The molecule has 0 bridgehead atoms. The molecule has 114 valence electrons. The predicted octanol–water partition coefficient (Wildman–Crippen LogP) is 4.58. The SMILES string of the molecule is CC(CCNc1ccc(C(F)(F)F)cn1)CC(C)(F)F. The molecule has 1 atom stereocenters. The van der Waals surface area contributed by atoms with Gasteiger partial charge in [-0.3, -0.25) is 0 Å². The molecule has 1 aromatic heterocycles. The molecule has 2 nitrogen and oxygen atoms in total. The first-order valence-electron chi connectivity index (χ1n) is 6.23. The summed E-state index contributed by atoms with van der Waals surface area (Å²) in [5.74, 6) is -2.59. The van der Waals surface area contributed by atoms with Gasteiger partial charge in [-0.15, -0.1) is 0 Å². The second-order valence-corrected chi connectivity index (χ2v) is 5.02. The molecule has 20 heavy (non-hydrogen) atoms. The van der Waals surface area contributed by atoms with Gasteiger partial charge in [0.05, 0.1) is 5.56 Å². The number of halogens is 5. The maximum Gasteiger partial charge on any atom is 0.417 e. The highest BCUT2D eigenvalue weighted by Crippen LogP contribution is 2.29. The average molecular weight is 296 g/mol. The third-order valence-electron chi connectivity index (χ3n) is 2.74. The number of aromatic nitrogens is 1. The van der Waals surface area contributed by atoms with Crippen LogP contribution in [0.1, 0.15) is 32.3 Å². The van der Waals surface area contributed by atoms with E-state index < -0.39 is 17.7 Å². The number of nitrogens with zero attached hydrogens (tertiary/aromatic N) is 1. The molecule has 1 rings (SSSR count). The van der Waals surface area contributed by atoms with Crippen LogP contribution in [-0.4, -0.2) is 17.5 Å². The van der Waals surface area contributed by atoms with Gasteiger partial charge in [0.25, 0.3) is 0 Å². The second-order valence-electron chi connectivity index (χ2n) is 5.02. The molecular weight excluding hydrogens is 279 g/mol. The molecule has 1 aromatic rings. The van der Waals surface area contributed by atoms with E-state index in [2.05, 4.69) is 10.3 Å². The van der Waals surface area contributed by atoms with Crippen molar-refractivity contribution < 1.29 is 22.0 Å². The van der Waals surface area contributed by atoms with E-state index in [4.69, 9.17) is 0 Å². The number of hydrogen-bond acceptors (Lipinski definition) is 2. The van der Waals surface area contributed by atoms with Gasteiger partial charge in [-0.25, -0.2) is 13.8 Å². The zero-order chi connectivity index (χ0) is 15.4. The van der Waals surface area contributed by atoms with Crippen LogP contribution in [0.5, 0.6) is 0 Å². The minimum Gasteiger partial charge on any atom is -0.370 e. The highest BCUT2D eigenvalue weighted by Gasteiger charge is 2.30. The van der Waals surface area contributed by atoms with Crippen LogP contribution >= 0.6 is 0 Å².